The highest BCUT2D eigenvalue weighted by atomic mass is 32.2. The van der Waals surface area contributed by atoms with Crippen LogP contribution < -0.4 is 10.6 Å². The molecule has 0 aliphatic rings. The summed E-state index contributed by atoms with van der Waals surface area (Å²) in [6, 6.07) is 18.0. The lowest BCUT2D eigenvalue weighted by Crippen LogP contribution is -2.28. The van der Waals surface area contributed by atoms with Gasteiger partial charge in [0.1, 0.15) is 0 Å². The Labute approximate surface area is 157 Å². The fraction of sp³-hybridized carbons (Fsp3) is 0.100. The number of carbonyl (C=O) groups is 1. The summed E-state index contributed by atoms with van der Waals surface area (Å²) in [6.07, 6.45) is 3.39. The first kappa shape index (κ1) is 17.8. The van der Waals surface area contributed by atoms with E-state index in [4.69, 9.17) is 0 Å². The number of hydrogen-bond donors (Lipinski definition) is 2. The number of nitrogens with zero attached hydrogens (tertiary/aromatic N) is 1. The van der Waals surface area contributed by atoms with Crippen molar-refractivity contribution in [3.8, 4) is 0 Å². The summed E-state index contributed by atoms with van der Waals surface area (Å²) in [6.45, 7) is 2.39. The van der Waals surface area contributed by atoms with Crippen LogP contribution in [0.4, 0.5) is 10.5 Å². The first-order chi connectivity index (χ1) is 12.6. The SMILES string of the molecule is Cc1ccc(S(=O)c2ccc(NC(=O)NCc3cccnc3)cc2)cc1.[HH].[HH]. The van der Waals surface area contributed by atoms with Crippen LogP contribution in [0.2, 0.25) is 0 Å². The predicted octanol–water partition coefficient (Wildman–Crippen LogP) is 4.37. The summed E-state index contributed by atoms with van der Waals surface area (Å²) in [7, 11) is -1.24. The maximum absolute atomic E-state index is 12.6. The molecular weight excluding hydrogens is 346 g/mol. The van der Waals surface area contributed by atoms with E-state index in [0.717, 1.165) is 16.0 Å². The largest absolute Gasteiger partial charge is 0.334 e. The van der Waals surface area contributed by atoms with Gasteiger partial charge in [-0.2, -0.15) is 0 Å². The third-order valence-electron chi connectivity index (χ3n) is 3.74. The molecular formula is C20H23N3O2S. The van der Waals surface area contributed by atoms with Gasteiger partial charge in [-0.15, -0.1) is 0 Å². The Bertz CT molecular complexity index is 905. The maximum Gasteiger partial charge on any atom is 0.319 e. The second-order valence-corrected chi connectivity index (χ2v) is 7.26. The molecule has 0 aliphatic heterocycles. The van der Waals surface area contributed by atoms with E-state index >= 15 is 0 Å². The number of hydrogen-bond acceptors (Lipinski definition) is 3. The van der Waals surface area contributed by atoms with Crippen LogP contribution in [0.15, 0.2) is 82.8 Å². The summed E-state index contributed by atoms with van der Waals surface area (Å²) in [5.41, 5.74) is 2.69. The standard InChI is InChI=1S/C20H19N3O2S.2H2/c1-15-4-8-18(9-5-15)26(25)19-10-6-17(7-11-19)23-20(24)22-14-16-3-2-12-21-13-16;;/h2-13H,14H2,1H3,(H2,22,23,24);2*1H. The number of pyridine rings is 1. The molecule has 0 fully saturated rings. The average molecular weight is 369 g/mol. The molecule has 0 saturated heterocycles. The lowest BCUT2D eigenvalue weighted by Gasteiger charge is -2.08. The van der Waals surface area contributed by atoms with Crippen LogP contribution in [0.5, 0.6) is 0 Å². The number of benzene rings is 2. The van der Waals surface area contributed by atoms with Gasteiger partial charge in [0.2, 0.25) is 0 Å². The smallest absolute Gasteiger partial charge is 0.319 e. The minimum absolute atomic E-state index is 0. The molecule has 1 aromatic heterocycles. The lowest BCUT2D eigenvalue weighted by atomic mass is 10.2. The molecule has 0 bridgehead atoms. The van der Waals surface area contributed by atoms with Crippen molar-refractivity contribution in [1.29, 1.82) is 0 Å². The number of rotatable bonds is 5. The molecule has 26 heavy (non-hydrogen) atoms. The van der Waals surface area contributed by atoms with Crippen LogP contribution in [0.25, 0.3) is 0 Å². The van der Waals surface area contributed by atoms with Crippen LogP contribution in [0.3, 0.4) is 0 Å². The third-order valence-corrected chi connectivity index (χ3v) is 5.14. The third kappa shape index (κ3) is 4.77. The van der Waals surface area contributed by atoms with Gasteiger partial charge in [0.05, 0.1) is 10.8 Å². The van der Waals surface area contributed by atoms with Gasteiger partial charge in [-0.1, -0.05) is 23.8 Å². The van der Waals surface area contributed by atoms with E-state index < -0.39 is 10.8 Å². The molecule has 1 atom stereocenters. The molecule has 3 rings (SSSR count). The second kappa shape index (κ2) is 8.40. The molecule has 3 aromatic rings. The van der Waals surface area contributed by atoms with Crippen LogP contribution in [0.1, 0.15) is 14.0 Å². The topological polar surface area (TPSA) is 71.1 Å². The maximum atomic E-state index is 12.6. The van der Waals surface area contributed by atoms with Crippen molar-refractivity contribution >= 4 is 22.5 Å². The summed E-state index contributed by atoms with van der Waals surface area (Å²) in [4.78, 5) is 17.4. The molecule has 2 aromatic carbocycles. The number of carbonyl (C=O) groups excluding carboxylic acids is 1. The van der Waals surface area contributed by atoms with Crippen LogP contribution in [-0.2, 0) is 17.3 Å². The quantitative estimate of drug-likeness (QED) is 0.701. The zero-order valence-electron chi connectivity index (χ0n) is 14.3. The van der Waals surface area contributed by atoms with Gasteiger partial charge in [0.15, 0.2) is 0 Å². The Balaban J connectivity index is 0.00000196. The zero-order chi connectivity index (χ0) is 18.4. The average Bonchev–Trinajstić information content (AvgIpc) is 2.68. The molecule has 0 spiro atoms. The Kier molecular flexibility index (Phi) is 5.76. The Morgan fingerprint density at radius 3 is 2.31 bits per heavy atom. The highest BCUT2D eigenvalue weighted by molar-refractivity contribution is 7.85. The van der Waals surface area contributed by atoms with Gasteiger partial charge in [-0.05, 0) is 55.0 Å². The van der Waals surface area contributed by atoms with Crippen molar-refractivity contribution in [3.63, 3.8) is 0 Å². The van der Waals surface area contributed by atoms with Crippen LogP contribution in [0, 0.1) is 6.92 Å². The van der Waals surface area contributed by atoms with Crippen LogP contribution in [-0.4, -0.2) is 15.2 Å². The normalized spacial score (nSPS) is 11.6. The molecule has 6 heteroatoms. The highest BCUT2D eigenvalue weighted by Gasteiger charge is 2.08. The monoisotopic (exact) mass is 369 g/mol. The molecule has 0 aliphatic carbocycles. The van der Waals surface area contributed by atoms with Crippen molar-refractivity contribution in [3.05, 3.63) is 84.2 Å². The van der Waals surface area contributed by atoms with Crippen LogP contribution >= 0.6 is 0 Å². The van der Waals surface area contributed by atoms with Crippen molar-refractivity contribution < 1.29 is 11.9 Å². The molecule has 5 nitrogen and oxygen atoms in total. The molecule has 0 radical (unpaired) electrons. The molecule has 1 unspecified atom stereocenters. The van der Waals surface area contributed by atoms with Gasteiger partial charge in [-0.25, -0.2) is 9.00 Å². The van der Waals surface area contributed by atoms with E-state index in [1.807, 2.05) is 43.3 Å². The number of anilines is 1. The highest BCUT2D eigenvalue weighted by Crippen LogP contribution is 2.19. The Hall–Kier alpha value is -2.99. The summed E-state index contributed by atoms with van der Waals surface area (Å²) >= 11 is 0. The fourth-order valence-electron chi connectivity index (χ4n) is 2.32. The molecule has 0 saturated carbocycles. The number of aromatic nitrogens is 1. The minimum atomic E-state index is -1.24. The zero-order valence-corrected chi connectivity index (χ0v) is 15.1. The van der Waals surface area contributed by atoms with Gasteiger partial charge < -0.3 is 10.6 Å². The van der Waals surface area contributed by atoms with Crippen molar-refractivity contribution in [2.45, 2.75) is 23.3 Å². The number of urea groups is 1. The first-order valence-corrected chi connectivity index (χ1v) is 9.29. The van der Waals surface area contributed by atoms with E-state index in [1.54, 1.807) is 36.7 Å². The number of amides is 2. The van der Waals surface area contributed by atoms with Gasteiger partial charge >= 0.3 is 6.03 Å². The minimum Gasteiger partial charge on any atom is -0.334 e. The number of aryl methyl sites for hydroxylation is 1. The second-order valence-electron chi connectivity index (χ2n) is 5.78. The van der Waals surface area contributed by atoms with Gasteiger partial charge in [0.25, 0.3) is 0 Å². The number of nitrogens with one attached hydrogen (secondary N) is 2. The van der Waals surface area contributed by atoms with E-state index in [-0.39, 0.29) is 8.88 Å². The van der Waals surface area contributed by atoms with E-state index in [9.17, 15) is 9.00 Å². The van der Waals surface area contributed by atoms with Crippen molar-refractivity contribution in [2.75, 3.05) is 5.32 Å². The summed E-state index contributed by atoms with van der Waals surface area (Å²) in [5, 5.41) is 5.52. The van der Waals surface area contributed by atoms with Crippen molar-refractivity contribution in [1.82, 2.24) is 10.3 Å². The van der Waals surface area contributed by atoms with E-state index in [0.29, 0.717) is 17.1 Å². The summed E-state index contributed by atoms with van der Waals surface area (Å²) < 4.78 is 12.6. The summed E-state index contributed by atoms with van der Waals surface area (Å²) in [5.74, 6) is 0. The van der Waals surface area contributed by atoms with E-state index in [2.05, 4.69) is 15.6 Å². The molecule has 2 N–H and O–H groups in total. The fourth-order valence-corrected chi connectivity index (χ4v) is 3.36. The Morgan fingerprint density at radius 2 is 1.69 bits per heavy atom. The first-order valence-electron chi connectivity index (χ1n) is 8.14. The predicted molar refractivity (Wildman–Crippen MR) is 107 cm³/mol. The molecule has 1 heterocycles. The van der Waals surface area contributed by atoms with Crippen molar-refractivity contribution in [2.24, 2.45) is 0 Å². The lowest BCUT2D eigenvalue weighted by molar-refractivity contribution is 0.251. The van der Waals surface area contributed by atoms with Gasteiger partial charge in [-0.3, -0.25) is 4.98 Å². The Morgan fingerprint density at radius 1 is 1.04 bits per heavy atom. The molecule has 136 valence electrons. The molecule has 2 amide bonds. The van der Waals surface area contributed by atoms with Gasteiger partial charge in [0, 0.05) is 37.3 Å². The van der Waals surface area contributed by atoms with E-state index in [1.165, 1.54) is 0 Å².